The van der Waals surface area contributed by atoms with Crippen molar-refractivity contribution in [3.8, 4) is 0 Å². The fourth-order valence-corrected chi connectivity index (χ4v) is 4.19. The van der Waals surface area contributed by atoms with Crippen molar-refractivity contribution in [2.45, 2.75) is 45.6 Å². The molecule has 0 saturated heterocycles. The van der Waals surface area contributed by atoms with Crippen LogP contribution < -0.4 is 5.73 Å². The summed E-state index contributed by atoms with van der Waals surface area (Å²) in [6.45, 7) is 4.29. The van der Waals surface area contributed by atoms with Crippen molar-refractivity contribution in [3.63, 3.8) is 0 Å². The quantitative estimate of drug-likeness (QED) is 0.866. The van der Waals surface area contributed by atoms with E-state index in [1.807, 2.05) is 11.3 Å². The van der Waals surface area contributed by atoms with Crippen LogP contribution >= 0.6 is 11.3 Å². The monoisotopic (exact) mass is 271 g/mol. The number of benzene rings is 1. The molecular weight excluding hydrogens is 250 g/mol. The summed E-state index contributed by atoms with van der Waals surface area (Å²) in [5, 5.41) is 0. The molecule has 1 heterocycles. The molecule has 0 bridgehead atoms. The van der Waals surface area contributed by atoms with Gasteiger partial charge in [0.1, 0.15) is 0 Å². The zero-order valence-electron chi connectivity index (χ0n) is 11.7. The van der Waals surface area contributed by atoms with Crippen molar-refractivity contribution in [2.24, 2.45) is 5.73 Å². The second-order valence-electron chi connectivity index (χ2n) is 5.64. The lowest BCUT2D eigenvalue weighted by Gasteiger charge is -2.14. The maximum atomic E-state index is 6.51. The van der Waals surface area contributed by atoms with E-state index in [9.17, 15) is 0 Å². The molecule has 100 valence electrons. The summed E-state index contributed by atoms with van der Waals surface area (Å²) in [6, 6.07) is 8.96. The third-order valence-corrected chi connectivity index (χ3v) is 5.41. The van der Waals surface area contributed by atoms with Crippen LogP contribution in [0.15, 0.2) is 24.3 Å². The van der Waals surface area contributed by atoms with Gasteiger partial charge in [-0.25, -0.2) is 0 Å². The van der Waals surface area contributed by atoms with Crippen LogP contribution in [0, 0.1) is 13.8 Å². The number of rotatable bonds is 2. The molecule has 2 heteroatoms. The number of hydrogen-bond acceptors (Lipinski definition) is 2. The van der Waals surface area contributed by atoms with Gasteiger partial charge in [0.15, 0.2) is 0 Å². The van der Waals surface area contributed by atoms with Gasteiger partial charge in [-0.3, -0.25) is 0 Å². The van der Waals surface area contributed by atoms with E-state index < -0.39 is 0 Å². The summed E-state index contributed by atoms with van der Waals surface area (Å²) in [6.07, 6.45) is 5.17. The first kappa shape index (κ1) is 12.9. The highest BCUT2D eigenvalue weighted by atomic mass is 32.1. The Labute approximate surface area is 119 Å². The van der Waals surface area contributed by atoms with Gasteiger partial charge in [0, 0.05) is 9.75 Å². The molecule has 1 atom stereocenters. The molecule has 1 aliphatic carbocycles. The number of nitrogens with two attached hydrogens (primary N) is 1. The summed E-state index contributed by atoms with van der Waals surface area (Å²) >= 11 is 1.93. The average molecular weight is 271 g/mol. The zero-order valence-corrected chi connectivity index (χ0v) is 12.5. The second kappa shape index (κ2) is 5.10. The van der Waals surface area contributed by atoms with Crippen molar-refractivity contribution in [3.05, 3.63) is 56.3 Å². The van der Waals surface area contributed by atoms with Crippen molar-refractivity contribution in [2.75, 3.05) is 0 Å². The van der Waals surface area contributed by atoms with E-state index in [0.717, 1.165) is 0 Å². The van der Waals surface area contributed by atoms with E-state index in [4.69, 9.17) is 5.73 Å². The smallest absolute Gasteiger partial charge is 0.0648 e. The highest BCUT2D eigenvalue weighted by Crippen LogP contribution is 2.35. The molecule has 2 aromatic rings. The van der Waals surface area contributed by atoms with Crippen LogP contribution in [0.3, 0.4) is 0 Å². The van der Waals surface area contributed by atoms with Gasteiger partial charge in [0.25, 0.3) is 0 Å². The Morgan fingerprint density at radius 1 is 1.11 bits per heavy atom. The normalized spacial score (nSPS) is 16.2. The fourth-order valence-electron chi connectivity index (χ4n) is 2.92. The van der Waals surface area contributed by atoms with E-state index in [0.29, 0.717) is 0 Å². The molecule has 0 radical (unpaired) electrons. The fraction of sp³-hybridized carbons (Fsp3) is 0.412. The first-order valence-corrected chi connectivity index (χ1v) is 7.91. The van der Waals surface area contributed by atoms with Gasteiger partial charge >= 0.3 is 0 Å². The van der Waals surface area contributed by atoms with E-state index >= 15 is 0 Å². The molecule has 1 nitrogen and oxygen atoms in total. The summed E-state index contributed by atoms with van der Waals surface area (Å²) in [5.41, 5.74) is 11.9. The molecule has 1 aromatic carbocycles. The Kier molecular flexibility index (Phi) is 3.46. The first-order chi connectivity index (χ1) is 9.15. The van der Waals surface area contributed by atoms with Crippen LogP contribution in [0.25, 0.3) is 0 Å². The molecule has 0 fully saturated rings. The van der Waals surface area contributed by atoms with Crippen molar-refractivity contribution < 1.29 is 0 Å². The molecule has 19 heavy (non-hydrogen) atoms. The van der Waals surface area contributed by atoms with Crippen molar-refractivity contribution in [1.29, 1.82) is 0 Å². The average Bonchev–Trinajstić information content (AvgIpc) is 2.84. The predicted octanol–water partition coefficient (Wildman–Crippen LogP) is 4.29. The summed E-state index contributed by atoms with van der Waals surface area (Å²) in [7, 11) is 0. The lowest BCUT2D eigenvalue weighted by molar-refractivity contribution is 0.696. The number of fused-ring (bicyclic) bond motifs is 1. The molecule has 0 aliphatic heterocycles. The maximum absolute atomic E-state index is 6.51. The Morgan fingerprint density at radius 3 is 2.68 bits per heavy atom. The third-order valence-electron chi connectivity index (χ3n) is 4.09. The maximum Gasteiger partial charge on any atom is 0.0648 e. The highest BCUT2D eigenvalue weighted by molar-refractivity contribution is 7.12. The van der Waals surface area contributed by atoms with Crippen molar-refractivity contribution in [1.82, 2.24) is 0 Å². The number of aryl methyl sites for hydroxylation is 4. The predicted molar refractivity (Wildman–Crippen MR) is 82.9 cm³/mol. The minimum absolute atomic E-state index is 0.0375. The van der Waals surface area contributed by atoms with Crippen LogP contribution in [0.4, 0.5) is 0 Å². The minimum atomic E-state index is 0.0375. The molecular formula is C17H21NS. The SMILES string of the molecule is Cc1ccc(C)c(C(N)c2cc3c(s2)CCCC3)c1. The van der Waals surface area contributed by atoms with Gasteiger partial charge in [-0.1, -0.05) is 23.8 Å². The molecule has 1 unspecified atom stereocenters. The molecule has 1 aromatic heterocycles. The Morgan fingerprint density at radius 2 is 1.89 bits per heavy atom. The Hall–Kier alpha value is -1.12. The first-order valence-electron chi connectivity index (χ1n) is 7.09. The summed E-state index contributed by atoms with van der Waals surface area (Å²) in [4.78, 5) is 2.91. The third kappa shape index (κ3) is 2.47. The van der Waals surface area contributed by atoms with Gasteiger partial charge in [0.05, 0.1) is 6.04 Å². The van der Waals surface area contributed by atoms with Gasteiger partial charge in [-0.15, -0.1) is 11.3 Å². The van der Waals surface area contributed by atoms with Gasteiger partial charge in [0.2, 0.25) is 0 Å². The van der Waals surface area contributed by atoms with E-state index in [1.165, 1.54) is 47.3 Å². The van der Waals surface area contributed by atoms with Gasteiger partial charge in [-0.05, 0) is 62.3 Å². The van der Waals surface area contributed by atoms with Crippen LogP contribution in [0.2, 0.25) is 0 Å². The molecule has 3 rings (SSSR count). The molecule has 0 spiro atoms. The topological polar surface area (TPSA) is 26.0 Å². The van der Waals surface area contributed by atoms with Crippen LogP contribution in [0.1, 0.15) is 50.9 Å². The lowest BCUT2D eigenvalue weighted by Crippen LogP contribution is -2.12. The molecule has 1 aliphatic rings. The zero-order chi connectivity index (χ0) is 13.4. The summed E-state index contributed by atoms with van der Waals surface area (Å²) in [5.74, 6) is 0. The van der Waals surface area contributed by atoms with E-state index in [2.05, 4.69) is 38.1 Å². The second-order valence-corrected chi connectivity index (χ2v) is 6.81. The number of hydrogen-bond donors (Lipinski definition) is 1. The van der Waals surface area contributed by atoms with Gasteiger partial charge in [-0.2, -0.15) is 0 Å². The van der Waals surface area contributed by atoms with Crippen LogP contribution in [-0.2, 0) is 12.8 Å². The summed E-state index contributed by atoms with van der Waals surface area (Å²) < 4.78 is 0. The van der Waals surface area contributed by atoms with Crippen LogP contribution in [-0.4, -0.2) is 0 Å². The number of thiophene rings is 1. The Bertz CT molecular complexity index is 574. The largest absolute Gasteiger partial charge is 0.320 e. The van der Waals surface area contributed by atoms with Crippen molar-refractivity contribution >= 4 is 11.3 Å². The highest BCUT2D eigenvalue weighted by Gasteiger charge is 2.19. The van der Waals surface area contributed by atoms with E-state index in [1.54, 1.807) is 10.4 Å². The lowest BCUT2D eigenvalue weighted by atomic mass is 9.96. The molecule has 0 saturated carbocycles. The molecule has 0 amide bonds. The van der Waals surface area contributed by atoms with E-state index in [-0.39, 0.29) is 6.04 Å². The Balaban J connectivity index is 1.97. The van der Waals surface area contributed by atoms with Crippen LogP contribution in [0.5, 0.6) is 0 Å². The minimum Gasteiger partial charge on any atom is -0.320 e. The standard InChI is InChI=1S/C17H21NS/c1-11-7-8-12(2)14(9-11)17(18)16-10-13-5-3-4-6-15(13)19-16/h7-10,17H,3-6,18H2,1-2H3. The molecule has 2 N–H and O–H groups in total. The van der Waals surface area contributed by atoms with Gasteiger partial charge < -0.3 is 5.73 Å².